The highest BCUT2D eigenvalue weighted by Gasteiger charge is 2.50. The van der Waals surface area contributed by atoms with E-state index in [1.54, 1.807) is 0 Å². The Morgan fingerprint density at radius 2 is 1.63 bits per heavy atom. The third-order valence-corrected chi connectivity index (χ3v) is 6.30. The summed E-state index contributed by atoms with van der Waals surface area (Å²) in [4.78, 5) is 12.6. The Morgan fingerprint density at radius 3 is 2.44 bits per heavy atom. The molecule has 1 aliphatic heterocycles. The molecule has 0 radical (unpaired) electrons. The normalized spacial score (nSPS) is 26.5. The molecule has 3 nitrogen and oxygen atoms in total. The summed E-state index contributed by atoms with van der Waals surface area (Å²) in [6.45, 7) is 8.40. The quantitative estimate of drug-likeness (QED) is 0.589. The molecule has 2 unspecified atom stereocenters. The molecule has 1 saturated heterocycles. The molecule has 1 aromatic heterocycles. The highest BCUT2D eigenvalue weighted by atomic mass is 15.3. The maximum Gasteiger partial charge on any atom is 0.162 e. The average molecular weight is 358 g/mol. The van der Waals surface area contributed by atoms with Crippen molar-refractivity contribution in [2.24, 2.45) is 10.8 Å². The highest BCUT2D eigenvalue weighted by Crippen LogP contribution is 2.53. The number of anilines is 1. The number of hydrogen-bond donors (Lipinski definition) is 0. The molecular formula is C24H27N3. The Labute approximate surface area is 161 Å². The van der Waals surface area contributed by atoms with Gasteiger partial charge in [-0.25, -0.2) is 9.97 Å². The number of fused-ring (bicyclic) bond motifs is 3. The fraction of sp³-hybridized carbons (Fsp3) is 0.417. The van der Waals surface area contributed by atoms with E-state index in [4.69, 9.17) is 9.97 Å². The summed E-state index contributed by atoms with van der Waals surface area (Å²) in [5, 5.41) is 1.17. The third-order valence-electron chi connectivity index (χ3n) is 6.30. The summed E-state index contributed by atoms with van der Waals surface area (Å²) < 4.78 is 0. The molecule has 2 fully saturated rings. The molecule has 5 rings (SSSR count). The molecule has 1 saturated carbocycles. The molecule has 2 atom stereocenters. The lowest BCUT2D eigenvalue weighted by atomic mass is 9.65. The molecule has 2 aliphatic rings. The first kappa shape index (κ1) is 16.7. The summed E-state index contributed by atoms with van der Waals surface area (Å²) in [5.74, 6) is 1.95. The van der Waals surface area contributed by atoms with E-state index in [0.717, 1.165) is 29.3 Å². The number of nitrogens with zero attached hydrogens (tertiary/aromatic N) is 3. The van der Waals surface area contributed by atoms with Gasteiger partial charge in [-0.2, -0.15) is 0 Å². The van der Waals surface area contributed by atoms with E-state index in [9.17, 15) is 0 Å². The summed E-state index contributed by atoms with van der Waals surface area (Å²) >= 11 is 0. The maximum atomic E-state index is 5.11. The van der Waals surface area contributed by atoms with E-state index < -0.39 is 0 Å². The van der Waals surface area contributed by atoms with Crippen LogP contribution in [-0.4, -0.2) is 22.6 Å². The number of para-hydroxylation sites is 1. The van der Waals surface area contributed by atoms with Crippen molar-refractivity contribution in [2.75, 3.05) is 11.4 Å². The van der Waals surface area contributed by atoms with Crippen LogP contribution in [0.4, 0.5) is 5.82 Å². The minimum Gasteiger partial charge on any atom is -0.352 e. The number of hydrogen-bond acceptors (Lipinski definition) is 3. The first-order chi connectivity index (χ1) is 12.9. The Hall–Kier alpha value is -2.42. The minimum atomic E-state index is 0.380. The van der Waals surface area contributed by atoms with Gasteiger partial charge in [0, 0.05) is 23.5 Å². The van der Waals surface area contributed by atoms with Gasteiger partial charge in [0.1, 0.15) is 5.82 Å². The number of benzene rings is 2. The minimum absolute atomic E-state index is 0.380. The van der Waals surface area contributed by atoms with Crippen LogP contribution in [0, 0.1) is 10.8 Å². The Balaban J connectivity index is 1.67. The standard InChI is InChI=1S/C24H27N3/c1-23(2)13-18-14-24(3,15-23)16-27(18)22-19-11-7-8-12-20(19)25-21(26-22)17-9-5-4-6-10-17/h4-12,18H,13-16H2,1-3H3. The zero-order chi connectivity index (χ0) is 18.6. The first-order valence-corrected chi connectivity index (χ1v) is 10.0. The van der Waals surface area contributed by atoms with Crippen LogP contribution in [0.5, 0.6) is 0 Å². The van der Waals surface area contributed by atoms with Crippen molar-refractivity contribution in [3.63, 3.8) is 0 Å². The van der Waals surface area contributed by atoms with Crippen LogP contribution in [0.15, 0.2) is 54.6 Å². The van der Waals surface area contributed by atoms with E-state index in [1.165, 1.54) is 24.6 Å². The molecule has 3 heteroatoms. The molecule has 2 aromatic carbocycles. The van der Waals surface area contributed by atoms with Crippen molar-refractivity contribution in [1.29, 1.82) is 0 Å². The molecule has 0 amide bonds. The van der Waals surface area contributed by atoms with Gasteiger partial charge in [0.15, 0.2) is 5.82 Å². The van der Waals surface area contributed by atoms with Gasteiger partial charge in [0.2, 0.25) is 0 Å². The molecule has 3 aromatic rings. The molecule has 2 bridgehead atoms. The lowest BCUT2D eigenvalue weighted by molar-refractivity contribution is 0.136. The fourth-order valence-corrected chi connectivity index (χ4v) is 5.70. The second-order valence-electron chi connectivity index (χ2n) is 9.60. The van der Waals surface area contributed by atoms with Gasteiger partial charge in [-0.1, -0.05) is 63.2 Å². The topological polar surface area (TPSA) is 29.0 Å². The first-order valence-electron chi connectivity index (χ1n) is 10.0. The second kappa shape index (κ2) is 5.79. The molecule has 138 valence electrons. The Morgan fingerprint density at radius 1 is 0.889 bits per heavy atom. The molecule has 1 aliphatic carbocycles. The van der Waals surface area contributed by atoms with Crippen LogP contribution in [0.1, 0.15) is 40.0 Å². The van der Waals surface area contributed by atoms with E-state index in [1.807, 2.05) is 6.07 Å². The van der Waals surface area contributed by atoms with Gasteiger partial charge in [-0.05, 0) is 42.2 Å². The van der Waals surface area contributed by atoms with E-state index in [-0.39, 0.29) is 0 Å². The largest absolute Gasteiger partial charge is 0.352 e. The van der Waals surface area contributed by atoms with Crippen molar-refractivity contribution in [3.8, 4) is 11.4 Å². The van der Waals surface area contributed by atoms with Crippen LogP contribution in [0.3, 0.4) is 0 Å². The zero-order valence-electron chi connectivity index (χ0n) is 16.4. The van der Waals surface area contributed by atoms with E-state index in [0.29, 0.717) is 16.9 Å². The van der Waals surface area contributed by atoms with Crippen LogP contribution >= 0.6 is 0 Å². The average Bonchev–Trinajstić information content (AvgIpc) is 2.90. The molecule has 2 heterocycles. The summed E-state index contributed by atoms with van der Waals surface area (Å²) in [6, 6.07) is 19.4. The van der Waals surface area contributed by atoms with Crippen molar-refractivity contribution < 1.29 is 0 Å². The molecule has 0 spiro atoms. The summed E-state index contributed by atoms with van der Waals surface area (Å²) in [5.41, 5.74) is 2.90. The molecule has 0 N–H and O–H groups in total. The van der Waals surface area contributed by atoms with Gasteiger partial charge in [0.25, 0.3) is 0 Å². The van der Waals surface area contributed by atoms with Gasteiger partial charge >= 0.3 is 0 Å². The fourth-order valence-electron chi connectivity index (χ4n) is 5.70. The van der Waals surface area contributed by atoms with E-state index in [2.05, 4.69) is 74.2 Å². The molecular weight excluding hydrogens is 330 g/mol. The Kier molecular flexibility index (Phi) is 3.59. The monoisotopic (exact) mass is 357 g/mol. The van der Waals surface area contributed by atoms with Gasteiger partial charge < -0.3 is 4.90 Å². The van der Waals surface area contributed by atoms with Crippen molar-refractivity contribution >= 4 is 16.7 Å². The predicted molar refractivity (Wildman–Crippen MR) is 112 cm³/mol. The maximum absolute atomic E-state index is 5.11. The van der Waals surface area contributed by atoms with E-state index >= 15 is 0 Å². The zero-order valence-corrected chi connectivity index (χ0v) is 16.4. The summed E-state index contributed by atoms with van der Waals surface area (Å²) in [7, 11) is 0. The predicted octanol–water partition coefficient (Wildman–Crippen LogP) is 5.70. The van der Waals surface area contributed by atoms with Gasteiger partial charge in [0.05, 0.1) is 5.52 Å². The van der Waals surface area contributed by atoms with Crippen molar-refractivity contribution in [1.82, 2.24) is 9.97 Å². The SMILES string of the molecule is CC1(C)CC2CC(C)(CN2c2nc(-c3ccccc3)nc3ccccc23)C1. The second-order valence-corrected chi connectivity index (χ2v) is 9.60. The lowest BCUT2D eigenvalue weighted by Gasteiger charge is -2.39. The Bertz CT molecular complexity index is 995. The number of aromatic nitrogens is 2. The highest BCUT2D eigenvalue weighted by molar-refractivity contribution is 5.91. The summed E-state index contributed by atoms with van der Waals surface area (Å²) in [6.07, 6.45) is 3.80. The van der Waals surface area contributed by atoms with Crippen LogP contribution in [0.25, 0.3) is 22.3 Å². The van der Waals surface area contributed by atoms with Crippen LogP contribution in [0.2, 0.25) is 0 Å². The third kappa shape index (κ3) is 2.90. The van der Waals surface area contributed by atoms with Crippen molar-refractivity contribution in [3.05, 3.63) is 54.6 Å². The van der Waals surface area contributed by atoms with Crippen LogP contribution < -0.4 is 4.90 Å². The van der Waals surface area contributed by atoms with Crippen LogP contribution in [-0.2, 0) is 0 Å². The van der Waals surface area contributed by atoms with Crippen molar-refractivity contribution in [2.45, 2.75) is 46.1 Å². The van der Waals surface area contributed by atoms with Gasteiger partial charge in [-0.3, -0.25) is 0 Å². The van der Waals surface area contributed by atoms with Gasteiger partial charge in [-0.15, -0.1) is 0 Å². The number of rotatable bonds is 2. The molecule has 27 heavy (non-hydrogen) atoms. The smallest absolute Gasteiger partial charge is 0.162 e. The lowest BCUT2D eigenvalue weighted by Crippen LogP contribution is -2.35.